The van der Waals surface area contributed by atoms with E-state index in [1.165, 1.54) is 14.0 Å². The van der Waals surface area contributed by atoms with Gasteiger partial charge in [-0.15, -0.1) is 0 Å². The van der Waals surface area contributed by atoms with E-state index in [1.54, 1.807) is 4.68 Å². The van der Waals surface area contributed by atoms with E-state index in [4.69, 9.17) is 14.2 Å². The van der Waals surface area contributed by atoms with Gasteiger partial charge in [0, 0.05) is 39.6 Å². The quantitative estimate of drug-likeness (QED) is 0.361. The molecule has 1 aromatic heterocycles. The fraction of sp³-hybridized carbons (Fsp3) is 0.550. The van der Waals surface area contributed by atoms with Gasteiger partial charge in [0.1, 0.15) is 6.73 Å². The summed E-state index contributed by atoms with van der Waals surface area (Å²) in [5, 5.41) is 5.55. The number of carbonyl (C=O) groups excluding carboxylic acids is 2. The largest absolute Gasteiger partial charge is 0.466 e. The molecule has 154 valence electrons. The Labute approximate surface area is 167 Å². The van der Waals surface area contributed by atoms with Crippen LogP contribution in [0.5, 0.6) is 0 Å². The maximum absolute atomic E-state index is 11.9. The van der Waals surface area contributed by atoms with Gasteiger partial charge in [0.25, 0.3) is 0 Å². The Bertz CT molecular complexity index is 841. The molecule has 0 saturated carbocycles. The third kappa shape index (κ3) is 6.45. The van der Waals surface area contributed by atoms with Crippen LogP contribution < -0.4 is 0 Å². The van der Waals surface area contributed by atoms with Crippen LogP contribution in [0.25, 0.3) is 10.9 Å². The molecule has 7 nitrogen and oxygen atoms in total. The van der Waals surface area contributed by atoms with Crippen LogP contribution in [0.2, 0.25) is 25.7 Å². The highest BCUT2D eigenvalue weighted by Gasteiger charge is 2.23. The molecule has 0 aliphatic heterocycles. The van der Waals surface area contributed by atoms with Crippen LogP contribution in [-0.2, 0) is 37.0 Å². The maximum Gasteiger partial charge on any atom is 0.347 e. The van der Waals surface area contributed by atoms with E-state index in [2.05, 4.69) is 24.7 Å². The summed E-state index contributed by atoms with van der Waals surface area (Å²) >= 11 is 0. The number of rotatable bonds is 9. The lowest BCUT2D eigenvalue weighted by Crippen LogP contribution is -2.29. The van der Waals surface area contributed by atoms with Crippen LogP contribution in [0.15, 0.2) is 18.3 Å². The van der Waals surface area contributed by atoms with E-state index in [-0.39, 0.29) is 6.42 Å². The maximum atomic E-state index is 11.9. The molecule has 0 spiro atoms. The molecule has 8 heteroatoms. The first-order valence-electron chi connectivity index (χ1n) is 9.38. The fourth-order valence-electron chi connectivity index (χ4n) is 2.88. The Hall–Kier alpha value is -2.19. The molecule has 1 aromatic carbocycles. The Morgan fingerprint density at radius 1 is 1.25 bits per heavy atom. The van der Waals surface area contributed by atoms with E-state index in [0.717, 1.165) is 34.7 Å². The normalized spacial score (nSPS) is 12.8. The summed E-state index contributed by atoms with van der Waals surface area (Å²) in [5.41, 5.74) is 2.75. The van der Waals surface area contributed by atoms with Crippen molar-refractivity contribution in [1.82, 2.24) is 9.78 Å². The number of methoxy groups -OCH3 is 1. The summed E-state index contributed by atoms with van der Waals surface area (Å²) in [6, 6.07) is 5.01. The lowest BCUT2D eigenvalue weighted by Gasteiger charge is -2.15. The van der Waals surface area contributed by atoms with Crippen molar-refractivity contribution in [2.75, 3.05) is 13.7 Å². The molecule has 1 heterocycles. The van der Waals surface area contributed by atoms with E-state index in [0.29, 0.717) is 6.73 Å². The molecule has 1 unspecified atom stereocenters. The van der Waals surface area contributed by atoms with Crippen molar-refractivity contribution >= 4 is 30.9 Å². The highest BCUT2D eigenvalue weighted by Crippen LogP contribution is 2.21. The summed E-state index contributed by atoms with van der Waals surface area (Å²) < 4.78 is 17.4. The zero-order valence-corrected chi connectivity index (χ0v) is 18.6. The summed E-state index contributed by atoms with van der Waals surface area (Å²) in [6.07, 6.45) is 1.22. The van der Waals surface area contributed by atoms with E-state index in [9.17, 15) is 9.59 Å². The molecular weight excluding hydrogens is 376 g/mol. The van der Waals surface area contributed by atoms with Crippen LogP contribution in [0.3, 0.4) is 0 Å². The Balaban J connectivity index is 2.12. The average molecular weight is 407 g/mol. The molecule has 0 amide bonds. The molecule has 0 aliphatic carbocycles. The minimum atomic E-state index is -1.11. The lowest BCUT2D eigenvalue weighted by molar-refractivity contribution is -0.164. The smallest absolute Gasteiger partial charge is 0.347 e. The summed E-state index contributed by atoms with van der Waals surface area (Å²) in [4.78, 5) is 23.2. The molecule has 1 atom stereocenters. The number of fused-ring (bicyclic) bond motifs is 1. The van der Waals surface area contributed by atoms with Crippen LogP contribution in [0, 0.1) is 6.92 Å². The van der Waals surface area contributed by atoms with Crippen LogP contribution in [0.4, 0.5) is 0 Å². The zero-order chi connectivity index (χ0) is 20.9. The van der Waals surface area contributed by atoms with Gasteiger partial charge >= 0.3 is 11.9 Å². The number of carbonyl (C=O) groups is 2. The number of esters is 2. The second-order valence-electron chi connectivity index (χ2n) is 8.19. The van der Waals surface area contributed by atoms with Gasteiger partial charge < -0.3 is 14.2 Å². The van der Waals surface area contributed by atoms with Gasteiger partial charge in [0.05, 0.1) is 12.6 Å². The SMILES string of the molecule is COC(=O)C(Cc1cc(C)c2nn(COCC[Si](C)(C)C)cc2c1)OC(C)=O. The number of ether oxygens (including phenoxy) is 3. The van der Waals surface area contributed by atoms with E-state index < -0.39 is 26.1 Å². The molecule has 0 bridgehead atoms. The minimum Gasteiger partial charge on any atom is -0.466 e. The van der Waals surface area contributed by atoms with Crippen molar-refractivity contribution in [2.45, 2.75) is 58.8 Å². The van der Waals surface area contributed by atoms with Crippen LogP contribution in [-0.4, -0.2) is 49.6 Å². The van der Waals surface area contributed by atoms with Crippen LogP contribution in [0.1, 0.15) is 18.1 Å². The Morgan fingerprint density at radius 2 is 1.96 bits per heavy atom. The molecule has 28 heavy (non-hydrogen) atoms. The first kappa shape index (κ1) is 22.1. The molecule has 0 N–H and O–H groups in total. The molecule has 0 radical (unpaired) electrons. The number of hydrogen-bond acceptors (Lipinski definition) is 6. The van der Waals surface area contributed by atoms with Gasteiger partial charge in [-0.05, 0) is 30.2 Å². The highest BCUT2D eigenvalue weighted by atomic mass is 28.3. The van der Waals surface area contributed by atoms with Crippen molar-refractivity contribution in [3.8, 4) is 0 Å². The van der Waals surface area contributed by atoms with Gasteiger partial charge in [-0.1, -0.05) is 25.7 Å². The molecule has 2 aromatic rings. The molecule has 0 fully saturated rings. The average Bonchev–Trinajstić information content (AvgIpc) is 2.99. The minimum absolute atomic E-state index is 0.251. The lowest BCUT2D eigenvalue weighted by atomic mass is 10.0. The predicted molar refractivity (Wildman–Crippen MR) is 110 cm³/mol. The summed E-state index contributed by atoms with van der Waals surface area (Å²) in [7, 11) is 0.165. The number of nitrogens with zero attached hydrogens (tertiary/aromatic N) is 2. The number of aromatic nitrogens is 2. The number of hydrogen-bond donors (Lipinski definition) is 0. The first-order chi connectivity index (χ1) is 13.1. The van der Waals surface area contributed by atoms with Crippen molar-refractivity contribution in [3.05, 3.63) is 29.5 Å². The standard InChI is InChI=1S/C20H30N2O5Si/c1-14-9-16(11-18(20(24)25-3)27-15(2)23)10-17-12-22(21-19(14)17)13-26-7-8-28(4,5)6/h9-10,12,18H,7-8,11,13H2,1-6H3. The van der Waals surface area contributed by atoms with Gasteiger partial charge in [-0.3, -0.25) is 4.79 Å². The van der Waals surface area contributed by atoms with Gasteiger partial charge in [0.15, 0.2) is 0 Å². The third-order valence-corrected chi connectivity index (χ3v) is 6.02. The monoisotopic (exact) mass is 406 g/mol. The summed E-state index contributed by atoms with van der Waals surface area (Å²) in [5.74, 6) is -1.09. The van der Waals surface area contributed by atoms with Crippen molar-refractivity contribution in [1.29, 1.82) is 0 Å². The molecule has 2 rings (SSSR count). The van der Waals surface area contributed by atoms with Crippen LogP contribution >= 0.6 is 0 Å². The van der Waals surface area contributed by atoms with Gasteiger partial charge in [-0.2, -0.15) is 5.10 Å². The molecular formula is C20H30N2O5Si. The van der Waals surface area contributed by atoms with Crippen molar-refractivity contribution in [3.63, 3.8) is 0 Å². The molecule has 0 saturated heterocycles. The second kappa shape index (κ2) is 9.34. The number of benzene rings is 1. The second-order valence-corrected chi connectivity index (χ2v) is 13.8. The topological polar surface area (TPSA) is 79.7 Å². The van der Waals surface area contributed by atoms with Gasteiger partial charge in [0.2, 0.25) is 6.10 Å². The van der Waals surface area contributed by atoms with E-state index in [1.807, 2.05) is 25.3 Å². The Morgan fingerprint density at radius 3 is 2.57 bits per heavy atom. The van der Waals surface area contributed by atoms with Gasteiger partial charge in [-0.25, -0.2) is 9.48 Å². The third-order valence-electron chi connectivity index (χ3n) is 4.32. The van der Waals surface area contributed by atoms with E-state index >= 15 is 0 Å². The summed E-state index contributed by atoms with van der Waals surface area (Å²) in [6.45, 7) is 11.3. The van der Waals surface area contributed by atoms with Crippen molar-refractivity contribution < 1.29 is 23.8 Å². The Kier molecular flexibility index (Phi) is 7.37. The fourth-order valence-corrected chi connectivity index (χ4v) is 3.63. The van der Waals surface area contributed by atoms with Crippen molar-refractivity contribution in [2.24, 2.45) is 0 Å². The predicted octanol–water partition coefficient (Wildman–Crippen LogP) is 3.30. The number of aryl methyl sites for hydroxylation is 1. The highest BCUT2D eigenvalue weighted by molar-refractivity contribution is 6.76. The first-order valence-corrected chi connectivity index (χ1v) is 13.1. The molecule has 0 aliphatic rings. The zero-order valence-electron chi connectivity index (χ0n) is 17.6.